The van der Waals surface area contributed by atoms with Crippen molar-refractivity contribution >= 4 is 52.7 Å². The molecular formula is C32H27ClN2O5S. The van der Waals surface area contributed by atoms with Gasteiger partial charge in [-0.1, -0.05) is 48.0 Å². The molecule has 0 saturated carbocycles. The van der Waals surface area contributed by atoms with Gasteiger partial charge in [0.15, 0.2) is 17.3 Å². The second kappa shape index (κ2) is 14.2. The quantitative estimate of drug-likeness (QED) is 0.115. The number of halogens is 1. The minimum absolute atomic E-state index is 0.0582. The molecule has 4 aromatic rings. The Morgan fingerprint density at radius 2 is 1.54 bits per heavy atom. The van der Waals surface area contributed by atoms with Crippen LogP contribution < -0.4 is 20.1 Å². The van der Waals surface area contributed by atoms with E-state index >= 15 is 0 Å². The van der Waals surface area contributed by atoms with Gasteiger partial charge in [0, 0.05) is 26.7 Å². The maximum absolute atomic E-state index is 13.3. The van der Waals surface area contributed by atoms with Crippen LogP contribution in [0.3, 0.4) is 0 Å². The van der Waals surface area contributed by atoms with E-state index in [4.69, 9.17) is 21.1 Å². The molecule has 0 saturated heterocycles. The first kappa shape index (κ1) is 29.5. The highest BCUT2D eigenvalue weighted by Crippen LogP contribution is 2.29. The highest BCUT2D eigenvalue weighted by Gasteiger charge is 2.16. The van der Waals surface area contributed by atoms with E-state index < -0.39 is 11.8 Å². The smallest absolute Gasteiger partial charge is 0.272 e. The summed E-state index contributed by atoms with van der Waals surface area (Å²) in [6.07, 6.45) is 1.58. The number of ether oxygens (including phenoxy) is 2. The Morgan fingerprint density at radius 1 is 0.805 bits per heavy atom. The number of carbonyl (C=O) groups excluding carboxylic acids is 3. The molecule has 0 aliphatic heterocycles. The van der Waals surface area contributed by atoms with Gasteiger partial charge < -0.3 is 20.1 Å². The standard InChI is InChI=1S/C32H27ClN2O5S/c1-39-29-16-13-23(18-30(29)40-2)28(36)20-41-26-10-6-9-25(19-26)34-32(38)27(17-21-11-14-24(33)15-12-21)35-31(37)22-7-4-3-5-8-22/h3-19H,20H2,1-2H3,(H,34,38)(H,35,37)/b27-17-. The van der Waals surface area contributed by atoms with Crippen LogP contribution >= 0.6 is 23.4 Å². The Labute approximate surface area is 247 Å². The van der Waals surface area contributed by atoms with Crippen LogP contribution in [0.4, 0.5) is 5.69 Å². The fraction of sp³-hybridized carbons (Fsp3) is 0.0938. The summed E-state index contributed by atoms with van der Waals surface area (Å²) in [5, 5.41) is 6.11. The summed E-state index contributed by atoms with van der Waals surface area (Å²) >= 11 is 7.34. The predicted octanol–water partition coefficient (Wildman–Crippen LogP) is 6.74. The van der Waals surface area contributed by atoms with Crippen LogP contribution in [-0.2, 0) is 4.79 Å². The van der Waals surface area contributed by atoms with Gasteiger partial charge in [0.2, 0.25) is 0 Å². The summed E-state index contributed by atoms with van der Waals surface area (Å²) in [6.45, 7) is 0. The van der Waals surface area contributed by atoms with E-state index in [0.717, 1.165) is 4.90 Å². The topological polar surface area (TPSA) is 93.7 Å². The van der Waals surface area contributed by atoms with Crippen LogP contribution in [0.25, 0.3) is 6.08 Å². The molecule has 0 aliphatic rings. The summed E-state index contributed by atoms with van der Waals surface area (Å²) in [4.78, 5) is 39.8. The number of methoxy groups -OCH3 is 2. The van der Waals surface area contributed by atoms with Crippen LogP contribution in [0.1, 0.15) is 26.3 Å². The van der Waals surface area contributed by atoms with Gasteiger partial charge in [0.25, 0.3) is 11.8 Å². The van der Waals surface area contributed by atoms with Crippen LogP contribution in [0.5, 0.6) is 11.5 Å². The maximum Gasteiger partial charge on any atom is 0.272 e. The van der Waals surface area contributed by atoms with Crippen LogP contribution in [0, 0.1) is 0 Å². The molecule has 0 heterocycles. The van der Waals surface area contributed by atoms with Gasteiger partial charge in [0.1, 0.15) is 5.70 Å². The van der Waals surface area contributed by atoms with Crippen molar-refractivity contribution in [2.45, 2.75) is 4.90 Å². The molecule has 0 unspecified atom stereocenters. The van der Waals surface area contributed by atoms with E-state index in [1.54, 1.807) is 97.1 Å². The molecule has 0 aromatic heterocycles. The Hall–Kier alpha value is -4.53. The zero-order valence-electron chi connectivity index (χ0n) is 22.3. The maximum atomic E-state index is 13.3. The molecule has 7 nitrogen and oxygen atoms in total. The Kier molecular flexibility index (Phi) is 10.2. The summed E-state index contributed by atoms with van der Waals surface area (Å²) in [5.74, 6) is 0.204. The normalized spacial score (nSPS) is 11.0. The number of benzene rings is 4. The minimum Gasteiger partial charge on any atom is -0.493 e. The molecule has 2 N–H and O–H groups in total. The van der Waals surface area contributed by atoms with E-state index in [2.05, 4.69) is 10.6 Å². The van der Waals surface area contributed by atoms with Crippen LogP contribution in [0.2, 0.25) is 5.02 Å². The zero-order valence-corrected chi connectivity index (χ0v) is 23.9. The number of Topliss-reactive ketones (excluding diaryl/α,β-unsaturated/α-hetero) is 1. The van der Waals surface area contributed by atoms with Crippen molar-refractivity contribution in [1.29, 1.82) is 0 Å². The average molecular weight is 587 g/mol. The predicted molar refractivity (Wildman–Crippen MR) is 163 cm³/mol. The third-order valence-corrected chi connectivity index (χ3v) is 7.12. The Balaban J connectivity index is 1.47. The lowest BCUT2D eigenvalue weighted by Crippen LogP contribution is -2.30. The second-order valence-corrected chi connectivity index (χ2v) is 10.2. The molecule has 0 bridgehead atoms. The zero-order chi connectivity index (χ0) is 29.2. The number of nitrogens with one attached hydrogen (secondary N) is 2. The van der Waals surface area contributed by atoms with Crippen LogP contribution in [-0.4, -0.2) is 37.6 Å². The van der Waals surface area contributed by atoms with E-state index in [1.807, 2.05) is 6.07 Å². The molecule has 9 heteroatoms. The molecule has 0 fully saturated rings. The van der Waals surface area contributed by atoms with Crippen molar-refractivity contribution in [2.75, 3.05) is 25.3 Å². The second-order valence-electron chi connectivity index (χ2n) is 8.69. The lowest BCUT2D eigenvalue weighted by molar-refractivity contribution is -0.113. The lowest BCUT2D eigenvalue weighted by Gasteiger charge is -2.12. The van der Waals surface area contributed by atoms with Crippen molar-refractivity contribution < 1.29 is 23.9 Å². The fourth-order valence-electron chi connectivity index (χ4n) is 3.77. The van der Waals surface area contributed by atoms with Crippen molar-refractivity contribution in [3.05, 3.63) is 124 Å². The van der Waals surface area contributed by atoms with Crippen molar-refractivity contribution in [3.8, 4) is 11.5 Å². The molecule has 208 valence electrons. The lowest BCUT2D eigenvalue weighted by atomic mass is 10.1. The third-order valence-electron chi connectivity index (χ3n) is 5.88. The number of hydrogen-bond donors (Lipinski definition) is 2. The van der Waals surface area contributed by atoms with Gasteiger partial charge in [-0.3, -0.25) is 14.4 Å². The SMILES string of the molecule is COc1ccc(C(=O)CSc2cccc(NC(=O)/C(=C/c3ccc(Cl)cc3)NC(=O)c3ccccc3)c2)cc1OC. The summed E-state index contributed by atoms with van der Waals surface area (Å²) in [5.41, 5.74) is 2.17. The first-order valence-electron chi connectivity index (χ1n) is 12.5. The van der Waals surface area contributed by atoms with Gasteiger partial charge in [0.05, 0.1) is 20.0 Å². The summed E-state index contributed by atoms with van der Waals surface area (Å²) in [6, 6.07) is 27.7. The van der Waals surface area contributed by atoms with Gasteiger partial charge >= 0.3 is 0 Å². The van der Waals surface area contributed by atoms with E-state index in [0.29, 0.717) is 38.9 Å². The van der Waals surface area contributed by atoms with E-state index in [1.165, 1.54) is 26.0 Å². The van der Waals surface area contributed by atoms with Crippen molar-refractivity contribution in [3.63, 3.8) is 0 Å². The first-order valence-corrected chi connectivity index (χ1v) is 13.9. The number of thioether (sulfide) groups is 1. The average Bonchev–Trinajstić information content (AvgIpc) is 3.00. The molecule has 0 spiro atoms. The molecule has 4 aromatic carbocycles. The molecule has 0 aliphatic carbocycles. The summed E-state index contributed by atoms with van der Waals surface area (Å²) < 4.78 is 10.5. The number of amides is 2. The largest absolute Gasteiger partial charge is 0.493 e. The third kappa shape index (κ3) is 8.23. The Morgan fingerprint density at radius 3 is 2.24 bits per heavy atom. The van der Waals surface area contributed by atoms with E-state index in [9.17, 15) is 14.4 Å². The van der Waals surface area contributed by atoms with Gasteiger partial charge in [-0.25, -0.2) is 0 Å². The Bertz CT molecular complexity index is 1570. The number of hydrogen-bond acceptors (Lipinski definition) is 6. The monoisotopic (exact) mass is 586 g/mol. The van der Waals surface area contributed by atoms with Gasteiger partial charge in [-0.2, -0.15) is 0 Å². The number of carbonyl (C=O) groups is 3. The van der Waals surface area contributed by atoms with Crippen LogP contribution in [0.15, 0.2) is 108 Å². The molecule has 2 amide bonds. The minimum atomic E-state index is -0.507. The molecule has 0 atom stereocenters. The van der Waals surface area contributed by atoms with Gasteiger partial charge in [-0.05, 0) is 72.3 Å². The van der Waals surface area contributed by atoms with Gasteiger partial charge in [-0.15, -0.1) is 11.8 Å². The van der Waals surface area contributed by atoms with Crippen molar-refractivity contribution in [2.24, 2.45) is 0 Å². The molecule has 4 rings (SSSR count). The van der Waals surface area contributed by atoms with E-state index in [-0.39, 0.29) is 17.2 Å². The fourth-order valence-corrected chi connectivity index (χ4v) is 4.75. The molecule has 41 heavy (non-hydrogen) atoms. The molecule has 0 radical (unpaired) electrons. The number of anilines is 1. The van der Waals surface area contributed by atoms with Crippen molar-refractivity contribution in [1.82, 2.24) is 5.32 Å². The molecular weight excluding hydrogens is 560 g/mol. The highest BCUT2D eigenvalue weighted by atomic mass is 35.5. The highest BCUT2D eigenvalue weighted by molar-refractivity contribution is 8.00. The number of rotatable bonds is 11. The first-order chi connectivity index (χ1) is 19.9. The number of ketones is 1. The summed E-state index contributed by atoms with van der Waals surface area (Å²) in [7, 11) is 3.05.